The van der Waals surface area contributed by atoms with E-state index >= 15 is 0 Å². The van der Waals surface area contributed by atoms with Gasteiger partial charge in [0.25, 0.3) is 0 Å². The first-order valence-electron chi connectivity index (χ1n) is 6.14. The molecule has 0 saturated heterocycles. The predicted octanol–water partition coefficient (Wildman–Crippen LogP) is 2.86. The number of rotatable bonds is 3. The van der Waals surface area contributed by atoms with Gasteiger partial charge < -0.3 is 5.73 Å². The Morgan fingerprint density at radius 2 is 1.88 bits per heavy atom. The van der Waals surface area contributed by atoms with Crippen LogP contribution in [0.3, 0.4) is 0 Å². The summed E-state index contributed by atoms with van der Waals surface area (Å²) in [6.07, 6.45) is 2.02. The molecule has 17 heavy (non-hydrogen) atoms. The molecular weight excluding hydrogens is 212 g/mol. The normalized spacial score (nSPS) is 12.2. The lowest BCUT2D eigenvalue weighted by Gasteiger charge is -2.29. The monoisotopic (exact) mass is 232 g/mol. The molecule has 0 saturated carbocycles. The number of pyridine rings is 1. The summed E-state index contributed by atoms with van der Waals surface area (Å²) < 4.78 is 2.08. The van der Waals surface area contributed by atoms with E-state index in [1.807, 2.05) is 19.1 Å². The van der Waals surface area contributed by atoms with Crippen LogP contribution in [0.15, 0.2) is 12.1 Å². The van der Waals surface area contributed by atoms with Crippen LogP contribution in [0.25, 0.3) is 11.2 Å². The molecule has 0 aliphatic rings. The molecule has 0 aliphatic carbocycles. The maximum absolute atomic E-state index is 6.05. The summed E-state index contributed by atoms with van der Waals surface area (Å²) in [5, 5.41) is 0. The van der Waals surface area contributed by atoms with Gasteiger partial charge in [0.2, 0.25) is 5.95 Å². The highest BCUT2D eigenvalue weighted by Gasteiger charge is 2.27. The van der Waals surface area contributed by atoms with Crippen molar-refractivity contribution in [3.8, 4) is 0 Å². The van der Waals surface area contributed by atoms with Gasteiger partial charge in [-0.15, -0.1) is 0 Å². The zero-order valence-corrected chi connectivity index (χ0v) is 11.0. The van der Waals surface area contributed by atoms with Crippen molar-refractivity contribution in [2.24, 2.45) is 0 Å². The number of aromatic nitrogens is 3. The Morgan fingerprint density at radius 3 is 2.47 bits per heavy atom. The topological polar surface area (TPSA) is 56.7 Å². The van der Waals surface area contributed by atoms with E-state index < -0.39 is 0 Å². The van der Waals surface area contributed by atoms with Crippen molar-refractivity contribution in [1.82, 2.24) is 14.5 Å². The van der Waals surface area contributed by atoms with Crippen molar-refractivity contribution < 1.29 is 0 Å². The maximum Gasteiger partial charge on any atom is 0.202 e. The Morgan fingerprint density at radius 1 is 1.24 bits per heavy atom. The van der Waals surface area contributed by atoms with Crippen molar-refractivity contribution in [1.29, 1.82) is 0 Å². The van der Waals surface area contributed by atoms with Crippen molar-refractivity contribution in [2.45, 2.75) is 46.1 Å². The lowest BCUT2D eigenvalue weighted by molar-refractivity contribution is 0.305. The van der Waals surface area contributed by atoms with E-state index in [4.69, 9.17) is 5.73 Å². The number of nitrogen functional groups attached to an aromatic ring is 1. The summed E-state index contributed by atoms with van der Waals surface area (Å²) in [6, 6.07) is 3.95. The van der Waals surface area contributed by atoms with Gasteiger partial charge in [0, 0.05) is 11.2 Å². The van der Waals surface area contributed by atoms with Gasteiger partial charge >= 0.3 is 0 Å². The summed E-state index contributed by atoms with van der Waals surface area (Å²) >= 11 is 0. The number of anilines is 1. The van der Waals surface area contributed by atoms with Crippen molar-refractivity contribution in [3.63, 3.8) is 0 Å². The smallest absolute Gasteiger partial charge is 0.202 e. The number of aryl methyl sites for hydroxylation is 1. The number of hydrogen-bond acceptors (Lipinski definition) is 3. The first kappa shape index (κ1) is 11.9. The largest absolute Gasteiger partial charge is 0.369 e. The molecule has 0 aliphatic heterocycles. The molecule has 0 atom stereocenters. The average molecular weight is 232 g/mol. The second-order valence-corrected chi connectivity index (χ2v) is 4.80. The fraction of sp³-hybridized carbons (Fsp3) is 0.538. The molecule has 2 aromatic rings. The van der Waals surface area contributed by atoms with E-state index in [9.17, 15) is 0 Å². The molecule has 2 rings (SSSR count). The van der Waals surface area contributed by atoms with Crippen molar-refractivity contribution in [2.75, 3.05) is 5.73 Å². The molecule has 0 radical (unpaired) electrons. The first-order chi connectivity index (χ1) is 8.01. The lowest BCUT2D eigenvalue weighted by Crippen LogP contribution is -2.29. The molecule has 2 aromatic heterocycles. The highest BCUT2D eigenvalue weighted by molar-refractivity contribution is 5.74. The van der Waals surface area contributed by atoms with Crippen LogP contribution in [-0.2, 0) is 5.54 Å². The number of fused-ring (bicyclic) bond motifs is 1. The summed E-state index contributed by atoms with van der Waals surface area (Å²) in [5.74, 6) is 0.560. The SMILES string of the molecule is CCC(C)(CC)n1c(N)nc2ccc(C)nc21. The minimum absolute atomic E-state index is 0.0143. The minimum Gasteiger partial charge on any atom is -0.369 e. The van der Waals surface area contributed by atoms with Gasteiger partial charge in [0.05, 0.1) is 0 Å². The van der Waals surface area contributed by atoms with E-state index in [-0.39, 0.29) is 5.54 Å². The van der Waals surface area contributed by atoms with E-state index in [0.717, 1.165) is 29.7 Å². The molecule has 0 amide bonds. The molecular formula is C13H20N4. The number of nitrogens with zero attached hydrogens (tertiary/aromatic N) is 3. The fourth-order valence-corrected chi connectivity index (χ4v) is 2.17. The van der Waals surface area contributed by atoms with Crippen LogP contribution in [0.5, 0.6) is 0 Å². The lowest BCUT2D eigenvalue weighted by atomic mass is 9.95. The first-order valence-corrected chi connectivity index (χ1v) is 6.14. The third kappa shape index (κ3) is 1.77. The van der Waals surface area contributed by atoms with Crippen LogP contribution in [0.2, 0.25) is 0 Å². The van der Waals surface area contributed by atoms with Crippen molar-refractivity contribution >= 4 is 17.1 Å². The molecule has 0 unspecified atom stereocenters. The van der Waals surface area contributed by atoms with Crippen LogP contribution in [-0.4, -0.2) is 14.5 Å². The van der Waals surface area contributed by atoms with Gasteiger partial charge in [0.1, 0.15) is 5.52 Å². The molecule has 0 spiro atoms. The molecule has 0 bridgehead atoms. The van der Waals surface area contributed by atoms with E-state index in [2.05, 4.69) is 35.3 Å². The Bertz CT molecular complexity index is 538. The van der Waals surface area contributed by atoms with E-state index in [0.29, 0.717) is 5.95 Å². The summed E-state index contributed by atoms with van der Waals surface area (Å²) in [4.78, 5) is 8.97. The van der Waals surface area contributed by atoms with Crippen LogP contribution in [0, 0.1) is 6.92 Å². The number of imidazole rings is 1. The zero-order valence-electron chi connectivity index (χ0n) is 11.0. The van der Waals surface area contributed by atoms with Crippen LogP contribution in [0.4, 0.5) is 5.95 Å². The Kier molecular flexibility index (Phi) is 2.81. The van der Waals surface area contributed by atoms with Crippen LogP contribution >= 0.6 is 0 Å². The minimum atomic E-state index is -0.0143. The number of hydrogen-bond donors (Lipinski definition) is 1. The van der Waals surface area contributed by atoms with Gasteiger partial charge in [0.15, 0.2) is 5.65 Å². The number of nitrogens with two attached hydrogens (primary N) is 1. The van der Waals surface area contributed by atoms with Gasteiger partial charge in [-0.3, -0.25) is 4.57 Å². The highest BCUT2D eigenvalue weighted by Crippen LogP contribution is 2.31. The second kappa shape index (κ2) is 4.02. The average Bonchev–Trinajstić information content (AvgIpc) is 2.64. The Labute approximate surface area is 102 Å². The summed E-state index contributed by atoms with van der Waals surface area (Å²) in [6.45, 7) is 8.53. The van der Waals surface area contributed by atoms with Crippen molar-refractivity contribution in [3.05, 3.63) is 17.8 Å². The van der Waals surface area contributed by atoms with Crippen LogP contribution in [0.1, 0.15) is 39.3 Å². The molecule has 0 fully saturated rings. The Hall–Kier alpha value is -1.58. The van der Waals surface area contributed by atoms with Gasteiger partial charge in [-0.05, 0) is 38.8 Å². The predicted molar refractivity (Wildman–Crippen MR) is 70.9 cm³/mol. The molecule has 4 heteroatoms. The van der Waals surface area contributed by atoms with E-state index in [1.165, 1.54) is 0 Å². The third-order valence-electron chi connectivity index (χ3n) is 3.73. The standard InChI is InChI=1S/C13H20N4/c1-5-13(4,6-2)17-11-10(16-12(17)14)8-7-9(3)15-11/h7-8H,5-6H2,1-4H3,(H2,14,16). The van der Waals surface area contributed by atoms with Gasteiger partial charge in [-0.25, -0.2) is 9.97 Å². The fourth-order valence-electron chi connectivity index (χ4n) is 2.17. The highest BCUT2D eigenvalue weighted by atomic mass is 15.2. The molecule has 92 valence electrons. The summed E-state index contributed by atoms with van der Waals surface area (Å²) in [7, 11) is 0. The second-order valence-electron chi connectivity index (χ2n) is 4.80. The zero-order chi connectivity index (χ0) is 12.6. The Balaban J connectivity index is 2.75. The quantitative estimate of drug-likeness (QED) is 0.885. The summed E-state index contributed by atoms with van der Waals surface area (Å²) in [5.41, 5.74) is 8.81. The molecule has 2 heterocycles. The van der Waals surface area contributed by atoms with E-state index in [1.54, 1.807) is 0 Å². The maximum atomic E-state index is 6.05. The molecule has 0 aromatic carbocycles. The van der Waals surface area contributed by atoms with Crippen LogP contribution < -0.4 is 5.73 Å². The third-order valence-corrected chi connectivity index (χ3v) is 3.73. The molecule has 4 nitrogen and oxygen atoms in total. The molecule has 2 N–H and O–H groups in total. The van der Waals surface area contributed by atoms with Gasteiger partial charge in [-0.2, -0.15) is 0 Å². The van der Waals surface area contributed by atoms with Gasteiger partial charge in [-0.1, -0.05) is 13.8 Å².